The van der Waals surface area contributed by atoms with Gasteiger partial charge in [-0.05, 0) is 24.7 Å². The van der Waals surface area contributed by atoms with Gasteiger partial charge in [0, 0.05) is 17.6 Å². The number of hydrogen-bond acceptors (Lipinski definition) is 1. The van der Waals surface area contributed by atoms with Crippen LogP contribution in [-0.4, -0.2) is 12.6 Å². The van der Waals surface area contributed by atoms with Gasteiger partial charge in [-0.2, -0.15) is 0 Å². The van der Waals surface area contributed by atoms with Gasteiger partial charge >= 0.3 is 0 Å². The molecule has 74 valence electrons. The maximum atomic E-state index is 5.72. The summed E-state index contributed by atoms with van der Waals surface area (Å²) in [5.74, 6) is 0. The lowest BCUT2D eigenvalue weighted by molar-refractivity contribution is 0.315. The summed E-state index contributed by atoms with van der Waals surface area (Å²) in [6.07, 6.45) is 8.53. The first kappa shape index (κ1) is 9.54. The van der Waals surface area contributed by atoms with Gasteiger partial charge in [0.2, 0.25) is 0 Å². The number of halogens is 1. The van der Waals surface area contributed by atoms with Crippen molar-refractivity contribution in [3.63, 3.8) is 0 Å². The van der Waals surface area contributed by atoms with E-state index in [9.17, 15) is 0 Å². The zero-order valence-electron chi connectivity index (χ0n) is 8.11. The molecule has 1 atom stereocenters. The molecular formula is C11H18ClN. The van der Waals surface area contributed by atoms with Crippen LogP contribution in [0, 0.1) is 5.41 Å². The Morgan fingerprint density at radius 2 is 2.08 bits per heavy atom. The van der Waals surface area contributed by atoms with Crippen molar-refractivity contribution in [1.82, 2.24) is 5.32 Å². The largest absolute Gasteiger partial charge is 0.308 e. The maximum Gasteiger partial charge on any atom is 0.0310 e. The van der Waals surface area contributed by atoms with Crippen LogP contribution in [0.15, 0.2) is 11.6 Å². The topological polar surface area (TPSA) is 12.0 Å². The summed E-state index contributed by atoms with van der Waals surface area (Å²) in [6.45, 7) is 4.48. The quantitative estimate of drug-likeness (QED) is 0.737. The second-order valence-corrected chi connectivity index (χ2v) is 5.11. The van der Waals surface area contributed by atoms with E-state index in [0.717, 1.165) is 17.6 Å². The van der Waals surface area contributed by atoms with Gasteiger partial charge in [-0.1, -0.05) is 37.4 Å². The molecule has 1 N–H and O–H groups in total. The van der Waals surface area contributed by atoms with Gasteiger partial charge in [0.1, 0.15) is 0 Å². The highest BCUT2D eigenvalue weighted by atomic mass is 35.5. The monoisotopic (exact) mass is 199 g/mol. The minimum Gasteiger partial charge on any atom is -0.308 e. The smallest absolute Gasteiger partial charge is 0.0310 e. The van der Waals surface area contributed by atoms with Crippen molar-refractivity contribution in [3.8, 4) is 0 Å². The molecule has 0 heterocycles. The number of hydrogen-bond donors (Lipinski definition) is 1. The molecule has 0 bridgehead atoms. The van der Waals surface area contributed by atoms with Gasteiger partial charge in [0.25, 0.3) is 0 Å². The molecule has 0 aliphatic heterocycles. The molecule has 1 spiro atoms. The number of rotatable bonds is 3. The third-order valence-electron chi connectivity index (χ3n) is 3.58. The van der Waals surface area contributed by atoms with E-state index in [-0.39, 0.29) is 0 Å². The van der Waals surface area contributed by atoms with Crippen LogP contribution < -0.4 is 5.32 Å². The molecule has 2 fully saturated rings. The predicted octanol–water partition coefficient (Wildman–Crippen LogP) is 3.05. The van der Waals surface area contributed by atoms with Crippen LogP contribution in [0.4, 0.5) is 0 Å². The average molecular weight is 200 g/mol. The molecular weight excluding hydrogens is 182 g/mol. The summed E-state index contributed by atoms with van der Waals surface area (Å²) >= 11 is 5.72. The first-order chi connectivity index (χ1) is 6.23. The van der Waals surface area contributed by atoms with Crippen molar-refractivity contribution >= 4 is 11.6 Å². The van der Waals surface area contributed by atoms with Gasteiger partial charge in [0.05, 0.1) is 0 Å². The zero-order valence-corrected chi connectivity index (χ0v) is 8.87. The minimum atomic E-state index is 0.671. The standard InChI is InChI=1S/C11H18ClN/c1-9(12)8-13-10-7-11(10)5-3-2-4-6-11/h10,13H,1-8H2. The minimum absolute atomic E-state index is 0.671. The van der Waals surface area contributed by atoms with Crippen LogP contribution >= 0.6 is 11.6 Å². The van der Waals surface area contributed by atoms with E-state index in [2.05, 4.69) is 11.9 Å². The van der Waals surface area contributed by atoms with Crippen molar-refractivity contribution in [3.05, 3.63) is 11.6 Å². The van der Waals surface area contributed by atoms with E-state index in [1.807, 2.05) is 0 Å². The highest BCUT2D eigenvalue weighted by molar-refractivity contribution is 6.29. The Morgan fingerprint density at radius 1 is 1.38 bits per heavy atom. The summed E-state index contributed by atoms with van der Waals surface area (Å²) in [5, 5.41) is 4.22. The Labute approximate surface area is 85.5 Å². The third-order valence-corrected chi connectivity index (χ3v) is 3.71. The van der Waals surface area contributed by atoms with Crippen molar-refractivity contribution < 1.29 is 0 Å². The Kier molecular flexibility index (Phi) is 2.66. The molecule has 0 aromatic rings. The second-order valence-electron chi connectivity index (χ2n) is 4.58. The fourth-order valence-corrected chi connectivity index (χ4v) is 2.76. The van der Waals surface area contributed by atoms with Crippen LogP contribution in [0.1, 0.15) is 38.5 Å². The van der Waals surface area contributed by atoms with Crippen molar-refractivity contribution in [2.45, 2.75) is 44.6 Å². The first-order valence-corrected chi connectivity index (χ1v) is 5.67. The van der Waals surface area contributed by atoms with E-state index < -0.39 is 0 Å². The van der Waals surface area contributed by atoms with E-state index >= 15 is 0 Å². The molecule has 0 saturated heterocycles. The van der Waals surface area contributed by atoms with Crippen molar-refractivity contribution in [2.24, 2.45) is 5.41 Å². The molecule has 0 radical (unpaired) electrons. The lowest BCUT2D eigenvalue weighted by atomic mass is 9.86. The van der Waals surface area contributed by atoms with Gasteiger partial charge in [0.15, 0.2) is 0 Å². The average Bonchev–Trinajstić information content (AvgIpc) is 2.77. The van der Waals surface area contributed by atoms with E-state index in [0.29, 0.717) is 5.41 Å². The zero-order chi connectivity index (χ0) is 9.31. The number of nitrogens with one attached hydrogen (secondary N) is 1. The third kappa shape index (κ3) is 2.08. The first-order valence-electron chi connectivity index (χ1n) is 5.30. The lowest BCUT2D eigenvalue weighted by Gasteiger charge is -2.22. The fraction of sp³-hybridized carbons (Fsp3) is 0.818. The molecule has 13 heavy (non-hydrogen) atoms. The van der Waals surface area contributed by atoms with Crippen LogP contribution in [0.5, 0.6) is 0 Å². The Morgan fingerprint density at radius 3 is 2.69 bits per heavy atom. The van der Waals surface area contributed by atoms with E-state index in [4.69, 9.17) is 11.6 Å². The summed E-state index contributed by atoms with van der Waals surface area (Å²) in [5.41, 5.74) is 0.671. The fourth-order valence-electron chi connectivity index (χ4n) is 2.68. The second kappa shape index (κ2) is 3.62. The van der Waals surface area contributed by atoms with Crippen LogP contribution in [0.25, 0.3) is 0 Å². The summed E-state index contributed by atoms with van der Waals surface area (Å²) in [6, 6.07) is 0.739. The van der Waals surface area contributed by atoms with E-state index in [1.54, 1.807) is 0 Å². The predicted molar refractivity (Wildman–Crippen MR) is 56.9 cm³/mol. The highest BCUT2D eigenvalue weighted by Gasteiger charge is 2.53. The Hall–Kier alpha value is -0.0100. The molecule has 2 aliphatic carbocycles. The normalized spacial score (nSPS) is 30.4. The molecule has 1 nitrogen and oxygen atoms in total. The van der Waals surface area contributed by atoms with Crippen LogP contribution in [0.3, 0.4) is 0 Å². The Bertz CT molecular complexity index is 206. The molecule has 2 aliphatic rings. The van der Waals surface area contributed by atoms with Crippen LogP contribution in [-0.2, 0) is 0 Å². The molecule has 1 unspecified atom stereocenters. The molecule has 0 amide bonds. The molecule has 2 heteroatoms. The molecule has 2 saturated carbocycles. The summed E-state index contributed by atoms with van der Waals surface area (Å²) in [7, 11) is 0. The SMILES string of the molecule is C=C(Cl)CNC1CC12CCCCC2. The van der Waals surface area contributed by atoms with Crippen molar-refractivity contribution in [2.75, 3.05) is 6.54 Å². The van der Waals surface area contributed by atoms with Crippen LogP contribution in [0.2, 0.25) is 0 Å². The molecule has 2 rings (SSSR count). The summed E-state index contributed by atoms with van der Waals surface area (Å²) < 4.78 is 0. The van der Waals surface area contributed by atoms with Crippen molar-refractivity contribution in [1.29, 1.82) is 0 Å². The maximum absolute atomic E-state index is 5.72. The molecule has 0 aromatic heterocycles. The highest BCUT2D eigenvalue weighted by Crippen LogP contribution is 2.56. The summed E-state index contributed by atoms with van der Waals surface area (Å²) in [4.78, 5) is 0. The molecule has 0 aromatic carbocycles. The van der Waals surface area contributed by atoms with Gasteiger partial charge in [-0.3, -0.25) is 0 Å². The van der Waals surface area contributed by atoms with E-state index in [1.165, 1.54) is 38.5 Å². The van der Waals surface area contributed by atoms with Gasteiger partial charge in [-0.15, -0.1) is 0 Å². The Balaban J connectivity index is 1.76. The van der Waals surface area contributed by atoms with Gasteiger partial charge < -0.3 is 5.32 Å². The van der Waals surface area contributed by atoms with Gasteiger partial charge in [-0.25, -0.2) is 0 Å². The lowest BCUT2D eigenvalue weighted by Crippen LogP contribution is -2.25.